The van der Waals surface area contributed by atoms with Gasteiger partial charge in [0.1, 0.15) is 0 Å². The van der Waals surface area contributed by atoms with E-state index in [1.807, 2.05) is 12.1 Å². The lowest BCUT2D eigenvalue weighted by Crippen LogP contribution is -2.31. The smallest absolute Gasteiger partial charge is 0.271 e. The Kier molecular flexibility index (Phi) is 6.29. The van der Waals surface area contributed by atoms with Gasteiger partial charge in [-0.1, -0.05) is 35.3 Å². The van der Waals surface area contributed by atoms with Crippen molar-refractivity contribution in [2.24, 2.45) is 0 Å². The number of nitrogens with one attached hydrogen (secondary N) is 1. The van der Waals surface area contributed by atoms with Crippen molar-refractivity contribution in [2.45, 2.75) is 18.9 Å². The first-order valence-electron chi connectivity index (χ1n) is 8.42. The number of carbonyl (C=O) groups is 1. The van der Waals surface area contributed by atoms with Crippen molar-refractivity contribution >= 4 is 35.1 Å². The summed E-state index contributed by atoms with van der Waals surface area (Å²) in [5.74, 6) is 0.187. The third-order valence-electron chi connectivity index (χ3n) is 4.31. The van der Waals surface area contributed by atoms with Crippen LogP contribution in [0.2, 0.25) is 10.0 Å². The van der Waals surface area contributed by atoms with Gasteiger partial charge in [-0.15, -0.1) is 0 Å². The molecule has 0 saturated carbocycles. The van der Waals surface area contributed by atoms with Gasteiger partial charge in [0.2, 0.25) is 5.95 Å². The molecular weight excluding hydrogens is 375 g/mol. The molecule has 2 aromatic rings. The van der Waals surface area contributed by atoms with E-state index in [4.69, 9.17) is 27.9 Å². The quantitative estimate of drug-likeness (QED) is 0.811. The van der Waals surface area contributed by atoms with Crippen LogP contribution in [0, 0.1) is 0 Å². The highest BCUT2D eigenvalue weighted by atomic mass is 35.5. The van der Waals surface area contributed by atoms with Gasteiger partial charge >= 0.3 is 0 Å². The molecule has 1 aromatic carbocycles. The van der Waals surface area contributed by atoms with Crippen molar-refractivity contribution in [3.63, 3.8) is 0 Å². The predicted molar refractivity (Wildman–Crippen MR) is 102 cm³/mol. The lowest BCUT2D eigenvalue weighted by atomic mass is 10.1. The first-order valence-corrected chi connectivity index (χ1v) is 9.18. The first-order chi connectivity index (χ1) is 12.6. The molecule has 6 nitrogen and oxygen atoms in total. The molecule has 1 aliphatic heterocycles. The molecule has 1 saturated heterocycles. The van der Waals surface area contributed by atoms with E-state index in [1.54, 1.807) is 19.2 Å². The normalized spacial score (nSPS) is 15.1. The summed E-state index contributed by atoms with van der Waals surface area (Å²) in [6, 6.07) is 7.31. The van der Waals surface area contributed by atoms with E-state index in [0.717, 1.165) is 31.5 Å². The van der Waals surface area contributed by atoms with Gasteiger partial charge in [-0.05, 0) is 30.5 Å². The minimum Gasteiger partial charge on any atom is -0.375 e. The molecule has 1 atom stereocenters. The molecule has 0 spiro atoms. The summed E-state index contributed by atoms with van der Waals surface area (Å²) in [6.07, 6.45) is 3.38. The predicted octanol–water partition coefficient (Wildman–Crippen LogP) is 3.50. The molecule has 8 heteroatoms. The molecule has 0 aliphatic carbocycles. The van der Waals surface area contributed by atoms with Gasteiger partial charge in [0.25, 0.3) is 5.91 Å². The molecule has 2 heterocycles. The van der Waals surface area contributed by atoms with Crippen LogP contribution in [0.15, 0.2) is 30.5 Å². The molecule has 1 N–H and O–H groups in total. The standard InChI is InChI=1S/C18H20Cl2N4O2/c1-26-15(12-4-6-13(19)7-5-12)11-21-17(25)16-14(20)10-22-18(23-16)24-8-2-3-9-24/h4-7,10,15H,2-3,8-9,11H2,1H3,(H,21,25). The third kappa shape index (κ3) is 4.44. The van der Waals surface area contributed by atoms with Gasteiger partial charge < -0.3 is 15.0 Å². The van der Waals surface area contributed by atoms with Crippen molar-refractivity contribution in [3.05, 3.63) is 51.8 Å². The minimum atomic E-state index is -0.353. The summed E-state index contributed by atoms with van der Waals surface area (Å²) < 4.78 is 5.47. The number of ether oxygens (including phenoxy) is 1. The van der Waals surface area contributed by atoms with E-state index < -0.39 is 0 Å². The summed E-state index contributed by atoms with van der Waals surface area (Å²) in [6.45, 7) is 2.08. The number of benzene rings is 1. The molecular formula is C18H20Cl2N4O2. The van der Waals surface area contributed by atoms with Crippen molar-refractivity contribution in [2.75, 3.05) is 31.6 Å². The van der Waals surface area contributed by atoms with Crippen LogP contribution in [0.5, 0.6) is 0 Å². The van der Waals surface area contributed by atoms with Crippen molar-refractivity contribution in [1.29, 1.82) is 0 Å². The second-order valence-electron chi connectivity index (χ2n) is 6.05. The van der Waals surface area contributed by atoms with E-state index >= 15 is 0 Å². The van der Waals surface area contributed by atoms with Crippen molar-refractivity contribution in [1.82, 2.24) is 15.3 Å². The monoisotopic (exact) mass is 394 g/mol. The van der Waals surface area contributed by atoms with E-state index in [9.17, 15) is 4.79 Å². The number of amides is 1. The average molecular weight is 395 g/mol. The average Bonchev–Trinajstić information content (AvgIpc) is 3.18. The highest BCUT2D eigenvalue weighted by Crippen LogP contribution is 2.21. The van der Waals surface area contributed by atoms with E-state index in [0.29, 0.717) is 11.0 Å². The van der Waals surface area contributed by atoms with Crippen LogP contribution in [0.25, 0.3) is 0 Å². The van der Waals surface area contributed by atoms with Crippen LogP contribution in [0.1, 0.15) is 35.0 Å². The maximum absolute atomic E-state index is 12.6. The zero-order chi connectivity index (χ0) is 18.5. The number of halogens is 2. The van der Waals surface area contributed by atoms with Crippen molar-refractivity contribution in [3.8, 4) is 0 Å². The summed E-state index contributed by atoms with van der Waals surface area (Å²) in [5.41, 5.74) is 1.10. The van der Waals surface area contributed by atoms with Gasteiger partial charge in [-0.25, -0.2) is 9.97 Å². The van der Waals surface area contributed by atoms with Crippen LogP contribution in [-0.2, 0) is 4.74 Å². The van der Waals surface area contributed by atoms with Gasteiger partial charge in [-0.3, -0.25) is 4.79 Å². The number of carbonyl (C=O) groups excluding carboxylic acids is 1. The zero-order valence-corrected chi connectivity index (χ0v) is 15.9. The number of methoxy groups -OCH3 is 1. The fourth-order valence-electron chi connectivity index (χ4n) is 2.87. The Hall–Kier alpha value is -1.89. The van der Waals surface area contributed by atoms with Crippen LogP contribution < -0.4 is 10.2 Å². The highest BCUT2D eigenvalue weighted by Gasteiger charge is 2.20. The second-order valence-corrected chi connectivity index (χ2v) is 6.89. The number of rotatable bonds is 6. The first kappa shape index (κ1) is 18.9. The fraction of sp³-hybridized carbons (Fsp3) is 0.389. The maximum atomic E-state index is 12.6. The zero-order valence-electron chi connectivity index (χ0n) is 14.4. The Morgan fingerprint density at radius 1 is 1.27 bits per heavy atom. The SMILES string of the molecule is COC(CNC(=O)c1nc(N2CCCC2)ncc1Cl)c1ccc(Cl)cc1. The Labute approximate surface area is 162 Å². The van der Waals surface area contributed by atoms with E-state index in [1.165, 1.54) is 6.20 Å². The second kappa shape index (κ2) is 8.66. The van der Waals surface area contributed by atoms with Gasteiger partial charge in [0, 0.05) is 31.8 Å². The summed E-state index contributed by atoms with van der Waals surface area (Å²) in [5, 5.41) is 3.71. The Morgan fingerprint density at radius 3 is 2.62 bits per heavy atom. The Balaban J connectivity index is 1.68. The van der Waals surface area contributed by atoms with Crippen molar-refractivity contribution < 1.29 is 9.53 Å². The van der Waals surface area contributed by atoms with Gasteiger partial charge in [0.05, 0.1) is 17.3 Å². The molecule has 1 unspecified atom stereocenters. The van der Waals surface area contributed by atoms with E-state index in [2.05, 4.69) is 20.2 Å². The minimum absolute atomic E-state index is 0.175. The highest BCUT2D eigenvalue weighted by molar-refractivity contribution is 6.33. The molecule has 26 heavy (non-hydrogen) atoms. The van der Waals surface area contributed by atoms with Gasteiger partial charge in [0.15, 0.2) is 5.69 Å². The fourth-order valence-corrected chi connectivity index (χ4v) is 3.17. The number of hydrogen-bond acceptors (Lipinski definition) is 5. The molecule has 1 fully saturated rings. The summed E-state index contributed by atoms with van der Waals surface area (Å²) in [4.78, 5) is 23.2. The maximum Gasteiger partial charge on any atom is 0.271 e. The molecule has 1 aromatic heterocycles. The lowest BCUT2D eigenvalue weighted by Gasteiger charge is -2.18. The molecule has 0 bridgehead atoms. The molecule has 138 valence electrons. The molecule has 3 rings (SSSR count). The van der Waals surface area contributed by atoms with Crippen LogP contribution in [0.4, 0.5) is 5.95 Å². The number of hydrogen-bond donors (Lipinski definition) is 1. The van der Waals surface area contributed by atoms with Crippen LogP contribution in [-0.4, -0.2) is 42.6 Å². The van der Waals surface area contributed by atoms with Crippen LogP contribution >= 0.6 is 23.2 Å². The molecule has 1 amide bonds. The number of anilines is 1. The van der Waals surface area contributed by atoms with Crippen LogP contribution in [0.3, 0.4) is 0 Å². The lowest BCUT2D eigenvalue weighted by molar-refractivity contribution is 0.0824. The summed E-state index contributed by atoms with van der Waals surface area (Å²) >= 11 is 12.0. The number of aromatic nitrogens is 2. The third-order valence-corrected chi connectivity index (χ3v) is 4.84. The number of nitrogens with zero attached hydrogens (tertiary/aromatic N) is 3. The van der Waals surface area contributed by atoms with E-state index in [-0.39, 0.29) is 29.3 Å². The topological polar surface area (TPSA) is 67.3 Å². The summed E-state index contributed by atoms with van der Waals surface area (Å²) in [7, 11) is 1.59. The molecule has 0 radical (unpaired) electrons. The largest absolute Gasteiger partial charge is 0.375 e. The van der Waals surface area contributed by atoms with Gasteiger partial charge in [-0.2, -0.15) is 0 Å². The Morgan fingerprint density at radius 2 is 1.96 bits per heavy atom. The molecule has 1 aliphatic rings. The Bertz CT molecular complexity index is 764.